The molecule has 24 heavy (non-hydrogen) atoms. The van der Waals surface area contributed by atoms with Crippen LogP contribution in [-0.2, 0) is 0 Å². The van der Waals surface area contributed by atoms with Gasteiger partial charge in [0.15, 0.2) is 11.4 Å². The summed E-state index contributed by atoms with van der Waals surface area (Å²) in [4.78, 5) is 23.7. The molecule has 3 N–H and O–H groups in total. The van der Waals surface area contributed by atoms with Crippen molar-refractivity contribution in [3.63, 3.8) is 0 Å². The van der Waals surface area contributed by atoms with E-state index in [1.54, 1.807) is 0 Å². The van der Waals surface area contributed by atoms with Gasteiger partial charge in [-0.2, -0.15) is 0 Å². The molecule has 8 heteroatoms. The van der Waals surface area contributed by atoms with Gasteiger partial charge in [0, 0.05) is 11.6 Å². The third-order valence-electron chi connectivity index (χ3n) is 3.26. The first kappa shape index (κ1) is 15.6. The standard InChI is InChI=1S/C16H9F3N2O3/c17-8-3-1-2-7(4-8)16(23)21-12-10-5-9(18)6-11(19)13(10)24-14(12)15(20)22/h1-6H,(H2,20,22)(H,21,23). The van der Waals surface area contributed by atoms with Crippen LogP contribution in [0.1, 0.15) is 20.9 Å². The van der Waals surface area contributed by atoms with Crippen molar-refractivity contribution in [3.05, 3.63) is 65.2 Å². The number of halogens is 3. The monoisotopic (exact) mass is 334 g/mol. The van der Waals surface area contributed by atoms with Gasteiger partial charge in [0.1, 0.15) is 17.3 Å². The number of primary amides is 1. The van der Waals surface area contributed by atoms with Crippen molar-refractivity contribution < 1.29 is 27.2 Å². The lowest BCUT2D eigenvalue weighted by molar-refractivity contribution is 0.0977. The van der Waals surface area contributed by atoms with E-state index in [0.29, 0.717) is 6.07 Å². The summed E-state index contributed by atoms with van der Waals surface area (Å²) in [6, 6.07) is 6.19. The smallest absolute Gasteiger partial charge is 0.286 e. The minimum absolute atomic E-state index is 0.0587. The Balaban J connectivity index is 2.12. The molecule has 2 amide bonds. The van der Waals surface area contributed by atoms with Gasteiger partial charge < -0.3 is 15.5 Å². The SMILES string of the molecule is NC(=O)c1oc2c(F)cc(F)cc2c1NC(=O)c1cccc(F)c1. The Morgan fingerprint density at radius 1 is 1.04 bits per heavy atom. The van der Waals surface area contributed by atoms with Crippen molar-refractivity contribution in [3.8, 4) is 0 Å². The molecular weight excluding hydrogens is 325 g/mol. The Labute approximate surface area is 132 Å². The van der Waals surface area contributed by atoms with E-state index in [4.69, 9.17) is 10.2 Å². The zero-order valence-corrected chi connectivity index (χ0v) is 11.9. The van der Waals surface area contributed by atoms with Crippen LogP contribution in [0.4, 0.5) is 18.9 Å². The largest absolute Gasteiger partial charge is 0.446 e. The number of nitrogens with two attached hydrogens (primary N) is 1. The number of carbonyl (C=O) groups is 2. The average Bonchev–Trinajstić information content (AvgIpc) is 2.86. The first-order valence-corrected chi connectivity index (χ1v) is 6.65. The number of amides is 2. The number of furan rings is 1. The molecule has 1 aromatic heterocycles. The molecular formula is C16H9F3N2O3. The minimum atomic E-state index is -1.08. The maximum atomic E-state index is 13.8. The molecule has 0 aliphatic rings. The van der Waals surface area contributed by atoms with Crippen molar-refractivity contribution in [2.75, 3.05) is 5.32 Å². The highest BCUT2D eigenvalue weighted by atomic mass is 19.1. The molecule has 0 fully saturated rings. The summed E-state index contributed by atoms with van der Waals surface area (Å²) in [5.74, 6) is -5.06. The van der Waals surface area contributed by atoms with E-state index in [1.165, 1.54) is 12.1 Å². The van der Waals surface area contributed by atoms with E-state index < -0.39 is 40.6 Å². The fraction of sp³-hybridized carbons (Fsp3) is 0. The number of benzene rings is 2. The van der Waals surface area contributed by atoms with Crippen LogP contribution < -0.4 is 11.1 Å². The van der Waals surface area contributed by atoms with Crippen molar-refractivity contribution >= 4 is 28.5 Å². The first-order valence-electron chi connectivity index (χ1n) is 6.65. The molecule has 0 bridgehead atoms. The quantitative estimate of drug-likeness (QED) is 0.771. The highest BCUT2D eigenvalue weighted by Crippen LogP contribution is 2.33. The second-order valence-corrected chi connectivity index (χ2v) is 4.90. The fourth-order valence-corrected chi connectivity index (χ4v) is 2.24. The number of hydrogen-bond donors (Lipinski definition) is 2. The first-order chi connectivity index (χ1) is 11.4. The van der Waals surface area contributed by atoms with Crippen molar-refractivity contribution in [1.82, 2.24) is 0 Å². The van der Waals surface area contributed by atoms with Crippen molar-refractivity contribution in [2.45, 2.75) is 0 Å². The van der Waals surface area contributed by atoms with E-state index in [0.717, 1.165) is 18.2 Å². The zero-order valence-electron chi connectivity index (χ0n) is 11.9. The summed E-state index contributed by atoms with van der Waals surface area (Å²) in [6.07, 6.45) is 0. The van der Waals surface area contributed by atoms with Crippen molar-refractivity contribution in [2.24, 2.45) is 5.73 Å². The van der Waals surface area contributed by atoms with Gasteiger partial charge in [-0.1, -0.05) is 6.07 Å². The molecule has 0 aliphatic heterocycles. The van der Waals surface area contributed by atoms with Crippen molar-refractivity contribution in [1.29, 1.82) is 0 Å². The maximum absolute atomic E-state index is 13.8. The van der Waals surface area contributed by atoms with Gasteiger partial charge in [0.05, 0.1) is 5.39 Å². The normalized spacial score (nSPS) is 10.8. The summed E-state index contributed by atoms with van der Waals surface area (Å²) in [5, 5.41) is 2.10. The molecule has 5 nitrogen and oxygen atoms in total. The lowest BCUT2D eigenvalue weighted by Gasteiger charge is -2.05. The lowest BCUT2D eigenvalue weighted by atomic mass is 10.1. The highest BCUT2D eigenvalue weighted by molar-refractivity contribution is 6.14. The topological polar surface area (TPSA) is 85.3 Å². The highest BCUT2D eigenvalue weighted by Gasteiger charge is 2.23. The second kappa shape index (κ2) is 5.73. The summed E-state index contributed by atoms with van der Waals surface area (Å²) in [5.41, 5.74) is 4.37. The van der Waals surface area contributed by atoms with Gasteiger partial charge in [-0.15, -0.1) is 0 Å². The zero-order chi connectivity index (χ0) is 17.4. The third-order valence-corrected chi connectivity index (χ3v) is 3.26. The molecule has 1 heterocycles. The summed E-state index contributed by atoms with van der Waals surface area (Å²) in [7, 11) is 0. The van der Waals surface area contributed by atoms with Crippen LogP contribution in [0.3, 0.4) is 0 Å². The molecule has 3 rings (SSSR count). The molecule has 0 saturated carbocycles. The number of nitrogens with one attached hydrogen (secondary N) is 1. The van der Waals surface area contributed by atoms with Gasteiger partial charge in [-0.3, -0.25) is 9.59 Å². The Morgan fingerprint density at radius 3 is 2.46 bits per heavy atom. The molecule has 0 saturated heterocycles. The molecule has 122 valence electrons. The molecule has 2 aromatic carbocycles. The Hall–Kier alpha value is -3.29. The summed E-state index contributed by atoms with van der Waals surface area (Å²) in [6.45, 7) is 0. The molecule has 0 radical (unpaired) electrons. The van der Waals surface area contributed by atoms with Gasteiger partial charge in [0.2, 0.25) is 5.76 Å². The van der Waals surface area contributed by atoms with Gasteiger partial charge in [0.25, 0.3) is 11.8 Å². The average molecular weight is 334 g/mol. The molecule has 3 aromatic rings. The molecule has 0 atom stereocenters. The van der Waals surface area contributed by atoms with Gasteiger partial charge in [-0.25, -0.2) is 13.2 Å². The van der Waals surface area contributed by atoms with Crippen LogP contribution in [0.15, 0.2) is 40.8 Å². The van der Waals surface area contributed by atoms with Crippen LogP contribution >= 0.6 is 0 Å². The Bertz CT molecular complexity index is 982. The minimum Gasteiger partial charge on any atom is -0.446 e. The van der Waals surface area contributed by atoms with Crippen LogP contribution in [0.5, 0.6) is 0 Å². The number of rotatable bonds is 3. The predicted molar refractivity (Wildman–Crippen MR) is 79.0 cm³/mol. The van der Waals surface area contributed by atoms with Gasteiger partial charge in [-0.05, 0) is 24.3 Å². The summed E-state index contributed by atoms with van der Waals surface area (Å²) < 4.78 is 45.4. The molecule has 0 unspecified atom stereocenters. The number of hydrogen-bond acceptors (Lipinski definition) is 3. The predicted octanol–water partition coefficient (Wildman–Crippen LogP) is 3.20. The van der Waals surface area contributed by atoms with Crippen LogP contribution in [0.25, 0.3) is 11.0 Å². The van der Waals surface area contributed by atoms with E-state index in [2.05, 4.69) is 5.32 Å². The van der Waals surface area contributed by atoms with Crippen LogP contribution in [0.2, 0.25) is 0 Å². The maximum Gasteiger partial charge on any atom is 0.286 e. The summed E-state index contributed by atoms with van der Waals surface area (Å²) >= 11 is 0. The van der Waals surface area contributed by atoms with Gasteiger partial charge >= 0.3 is 0 Å². The van der Waals surface area contributed by atoms with E-state index in [-0.39, 0.29) is 16.6 Å². The van der Waals surface area contributed by atoms with E-state index in [9.17, 15) is 22.8 Å². The fourth-order valence-electron chi connectivity index (χ4n) is 2.24. The molecule has 0 aliphatic carbocycles. The molecule has 0 spiro atoms. The lowest BCUT2D eigenvalue weighted by Crippen LogP contribution is -2.17. The number of carbonyl (C=O) groups excluding carboxylic acids is 2. The van der Waals surface area contributed by atoms with E-state index >= 15 is 0 Å². The van der Waals surface area contributed by atoms with E-state index in [1.807, 2.05) is 0 Å². The van der Waals surface area contributed by atoms with Crippen LogP contribution in [0, 0.1) is 17.5 Å². The number of fused-ring (bicyclic) bond motifs is 1. The second-order valence-electron chi connectivity index (χ2n) is 4.90. The Kier molecular flexibility index (Phi) is 3.72. The Morgan fingerprint density at radius 2 is 1.79 bits per heavy atom. The van der Waals surface area contributed by atoms with Crippen LogP contribution in [-0.4, -0.2) is 11.8 Å². The number of anilines is 1. The third kappa shape index (κ3) is 2.69.